The predicted octanol–water partition coefficient (Wildman–Crippen LogP) is 14.4. The molecule has 0 saturated carbocycles. The Bertz CT molecular complexity index is 928. The van der Waals surface area contributed by atoms with Crippen LogP contribution in [0.25, 0.3) is 0 Å². The summed E-state index contributed by atoms with van der Waals surface area (Å²) in [6.07, 6.45) is 34.1. The van der Waals surface area contributed by atoms with Crippen LogP contribution in [0.15, 0.2) is 0 Å². The molecule has 0 saturated heterocycles. The fourth-order valence-electron chi connectivity index (χ4n) is 7.77. The zero-order valence-electron chi connectivity index (χ0n) is 38.5. The molecule has 6 nitrogen and oxygen atoms in total. The Morgan fingerprint density at radius 2 is 0.964 bits per heavy atom. The van der Waals surface area contributed by atoms with E-state index in [2.05, 4.69) is 39.5 Å². The van der Waals surface area contributed by atoms with Crippen LogP contribution in [0, 0.1) is 16.7 Å². The molecule has 2 atom stereocenters. The van der Waals surface area contributed by atoms with Gasteiger partial charge in [-0.05, 0) is 98.2 Å². The third-order valence-corrected chi connectivity index (χ3v) is 11.9. The molecule has 0 bridgehead atoms. The third-order valence-electron chi connectivity index (χ3n) is 11.9. The van der Waals surface area contributed by atoms with Crippen LogP contribution in [0.1, 0.15) is 248 Å². The first-order valence-electron chi connectivity index (χ1n) is 23.8. The van der Waals surface area contributed by atoms with Crippen LogP contribution in [0.4, 0.5) is 0 Å². The van der Waals surface area contributed by atoms with E-state index in [1.807, 2.05) is 27.9 Å². The lowest BCUT2D eigenvalue weighted by Gasteiger charge is -2.25. The highest BCUT2D eigenvalue weighted by molar-refractivity contribution is 5.84. The highest BCUT2D eigenvalue weighted by Crippen LogP contribution is 2.31. The number of carbonyl (C=O) groups excluding carboxylic acids is 3. The van der Waals surface area contributed by atoms with Gasteiger partial charge in [0.15, 0.2) is 0 Å². The Hall–Kier alpha value is -1.43. The number of ether oxygens (including phenoxy) is 2. The number of unbranched alkanes of at least 4 members (excludes halogenated alkanes) is 16. The maximum atomic E-state index is 13.4. The van der Waals surface area contributed by atoms with Gasteiger partial charge in [-0.25, -0.2) is 0 Å². The summed E-state index contributed by atoms with van der Waals surface area (Å²) < 4.78 is 11.7. The smallest absolute Gasteiger partial charge is 0.311 e. The van der Waals surface area contributed by atoms with Gasteiger partial charge in [-0.15, -0.1) is 0 Å². The average Bonchev–Trinajstić information content (AvgIpc) is 3.13. The average molecular weight is 778 g/mol. The summed E-state index contributed by atoms with van der Waals surface area (Å²) in [5.74, 6) is 0.973. The van der Waals surface area contributed by atoms with E-state index >= 15 is 0 Å². The fourth-order valence-corrected chi connectivity index (χ4v) is 7.77. The van der Waals surface area contributed by atoms with Crippen molar-refractivity contribution < 1.29 is 23.9 Å². The molecule has 6 heteroatoms. The van der Waals surface area contributed by atoms with Crippen LogP contribution in [-0.2, 0) is 23.9 Å². The molecule has 0 heterocycles. The van der Waals surface area contributed by atoms with Gasteiger partial charge in [0.25, 0.3) is 0 Å². The molecule has 0 aliphatic carbocycles. The van der Waals surface area contributed by atoms with Gasteiger partial charge < -0.3 is 14.4 Å². The molecule has 0 spiro atoms. The van der Waals surface area contributed by atoms with Crippen molar-refractivity contribution in [3.05, 3.63) is 0 Å². The molecule has 0 fully saturated rings. The van der Waals surface area contributed by atoms with Crippen LogP contribution in [0.2, 0.25) is 0 Å². The minimum atomic E-state index is -0.473. The molecule has 0 amide bonds. The zero-order valence-corrected chi connectivity index (χ0v) is 38.5. The van der Waals surface area contributed by atoms with Gasteiger partial charge in [0.1, 0.15) is 11.9 Å². The van der Waals surface area contributed by atoms with Crippen molar-refractivity contribution in [2.75, 3.05) is 27.2 Å². The number of Topliss-reactive ketones (excluding diaryl/α,β-unsaturated/α-hetero) is 1. The van der Waals surface area contributed by atoms with Crippen molar-refractivity contribution in [1.29, 1.82) is 0 Å². The summed E-state index contributed by atoms with van der Waals surface area (Å²) >= 11 is 0. The lowest BCUT2D eigenvalue weighted by molar-refractivity contribution is -0.154. The molecule has 0 radical (unpaired) electrons. The van der Waals surface area contributed by atoms with E-state index < -0.39 is 5.41 Å². The lowest BCUT2D eigenvalue weighted by atomic mass is 9.79. The Morgan fingerprint density at radius 3 is 1.53 bits per heavy atom. The van der Waals surface area contributed by atoms with Crippen molar-refractivity contribution in [3.8, 4) is 0 Å². The quantitative estimate of drug-likeness (QED) is 0.0456. The normalized spacial score (nSPS) is 13.3. The highest BCUT2D eigenvalue weighted by atomic mass is 16.5. The van der Waals surface area contributed by atoms with Crippen LogP contribution in [-0.4, -0.2) is 56.0 Å². The van der Waals surface area contributed by atoms with E-state index in [0.717, 1.165) is 103 Å². The summed E-state index contributed by atoms with van der Waals surface area (Å²) in [7, 11) is 4.06. The van der Waals surface area contributed by atoms with Gasteiger partial charge in [0.2, 0.25) is 0 Å². The molecule has 0 N–H and O–H groups in total. The molecule has 0 aliphatic heterocycles. The summed E-state index contributed by atoms with van der Waals surface area (Å²) in [6, 6.07) is 0. The molecule has 0 aromatic rings. The summed E-state index contributed by atoms with van der Waals surface area (Å²) in [5, 5.41) is 0. The molecule has 0 rings (SSSR count). The van der Waals surface area contributed by atoms with Gasteiger partial charge in [0.05, 0.1) is 12.0 Å². The van der Waals surface area contributed by atoms with Crippen LogP contribution in [0.3, 0.4) is 0 Å². The van der Waals surface area contributed by atoms with Crippen molar-refractivity contribution >= 4 is 17.7 Å². The van der Waals surface area contributed by atoms with E-state index in [0.29, 0.717) is 24.7 Å². The standard InChI is InChI=1S/C49H95NO5/c1-10-13-16-18-19-21-30-42-54-47(53)49(6,7)40-29-23-27-35-44(55-46(52)36-31-41-50(8)9)34-26-22-28-39-48(4,5)45(51)38-37-43(32-24-15-12-3)33-25-20-17-14-11-2/h43-44H,10-42H2,1-9H3. The molecule has 0 aliphatic rings. The van der Waals surface area contributed by atoms with Crippen LogP contribution < -0.4 is 0 Å². The Morgan fingerprint density at radius 1 is 0.509 bits per heavy atom. The summed E-state index contributed by atoms with van der Waals surface area (Å²) in [4.78, 5) is 41.1. The molecule has 55 heavy (non-hydrogen) atoms. The van der Waals surface area contributed by atoms with Crippen molar-refractivity contribution in [2.24, 2.45) is 16.7 Å². The molecule has 326 valence electrons. The molecular weight excluding hydrogens is 683 g/mol. The second-order valence-corrected chi connectivity index (χ2v) is 18.8. The largest absolute Gasteiger partial charge is 0.465 e. The van der Waals surface area contributed by atoms with Gasteiger partial charge in [-0.3, -0.25) is 14.4 Å². The van der Waals surface area contributed by atoms with Crippen molar-refractivity contribution in [3.63, 3.8) is 0 Å². The van der Waals surface area contributed by atoms with E-state index in [9.17, 15) is 14.4 Å². The molecular formula is C49H95NO5. The van der Waals surface area contributed by atoms with E-state index in [1.165, 1.54) is 96.3 Å². The minimum Gasteiger partial charge on any atom is -0.465 e. The predicted molar refractivity (Wildman–Crippen MR) is 236 cm³/mol. The van der Waals surface area contributed by atoms with Crippen molar-refractivity contribution in [2.45, 2.75) is 254 Å². The molecule has 0 aromatic heterocycles. The van der Waals surface area contributed by atoms with Gasteiger partial charge in [-0.2, -0.15) is 0 Å². The number of hydrogen-bond acceptors (Lipinski definition) is 6. The fraction of sp³-hybridized carbons (Fsp3) is 0.939. The molecule has 0 aromatic carbocycles. The van der Waals surface area contributed by atoms with Crippen LogP contribution >= 0.6 is 0 Å². The van der Waals surface area contributed by atoms with E-state index in [1.54, 1.807) is 0 Å². The Labute approximate surface area is 343 Å². The molecule has 2 unspecified atom stereocenters. The topological polar surface area (TPSA) is 72.9 Å². The Balaban J connectivity index is 4.75. The third kappa shape index (κ3) is 31.3. The summed E-state index contributed by atoms with van der Waals surface area (Å²) in [6.45, 7) is 16.5. The number of rotatable bonds is 40. The Kier molecular flexibility index (Phi) is 33.7. The number of nitrogens with zero attached hydrogens (tertiary/aromatic N) is 1. The number of carbonyl (C=O) groups is 3. The summed E-state index contributed by atoms with van der Waals surface area (Å²) in [5.41, 5.74) is -0.750. The lowest BCUT2D eigenvalue weighted by Crippen LogP contribution is -2.27. The maximum Gasteiger partial charge on any atom is 0.311 e. The van der Waals surface area contributed by atoms with Crippen LogP contribution in [0.5, 0.6) is 0 Å². The van der Waals surface area contributed by atoms with E-state index in [4.69, 9.17) is 9.47 Å². The van der Waals surface area contributed by atoms with Gasteiger partial charge >= 0.3 is 11.9 Å². The minimum absolute atomic E-state index is 0.0620. The van der Waals surface area contributed by atoms with E-state index in [-0.39, 0.29) is 23.5 Å². The first-order valence-corrected chi connectivity index (χ1v) is 23.8. The second kappa shape index (κ2) is 34.6. The first-order chi connectivity index (χ1) is 26.3. The first kappa shape index (κ1) is 53.6. The number of hydrogen-bond donors (Lipinski definition) is 0. The number of ketones is 1. The SMILES string of the molecule is CCCCCCCCCOC(=O)C(C)(C)CCCCCC(CCCCCC(C)(C)C(=O)CCC(CCCCC)CCCCCCC)OC(=O)CCCN(C)C. The van der Waals surface area contributed by atoms with Crippen molar-refractivity contribution in [1.82, 2.24) is 4.90 Å². The van der Waals surface area contributed by atoms with Gasteiger partial charge in [-0.1, -0.05) is 163 Å². The second-order valence-electron chi connectivity index (χ2n) is 18.8. The van der Waals surface area contributed by atoms with Gasteiger partial charge in [0, 0.05) is 18.3 Å². The monoisotopic (exact) mass is 778 g/mol. The number of esters is 2. The highest BCUT2D eigenvalue weighted by Gasteiger charge is 2.29. The zero-order chi connectivity index (χ0) is 41.2. The maximum absolute atomic E-state index is 13.4.